The summed E-state index contributed by atoms with van der Waals surface area (Å²) < 4.78 is 10.3. The third kappa shape index (κ3) is 7.01. The van der Waals surface area contributed by atoms with E-state index in [2.05, 4.69) is 22.5 Å². The number of carbonyl (C=O) groups excluding carboxylic acids is 2. The number of benzene rings is 1. The zero-order valence-corrected chi connectivity index (χ0v) is 19.3. The van der Waals surface area contributed by atoms with Crippen molar-refractivity contribution in [2.75, 3.05) is 56.7 Å². The number of anilines is 2. The first kappa shape index (κ1) is 26.5. The zero-order valence-electron chi connectivity index (χ0n) is 17.6. The highest BCUT2D eigenvalue weighted by atomic mass is 35.5. The van der Waals surface area contributed by atoms with Crippen LogP contribution in [0, 0.1) is 11.8 Å². The summed E-state index contributed by atoms with van der Waals surface area (Å²) in [6.45, 7) is 7.07. The summed E-state index contributed by atoms with van der Waals surface area (Å²) >= 11 is 0. The summed E-state index contributed by atoms with van der Waals surface area (Å²) in [5.74, 6) is 0.374. The second-order valence-corrected chi connectivity index (χ2v) is 7.64. The van der Waals surface area contributed by atoms with Crippen molar-refractivity contribution in [2.45, 2.75) is 26.2 Å². The van der Waals surface area contributed by atoms with E-state index in [1.54, 1.807) is 12.1 Å². The minimum Gasteiger partial charge on any atom is -0.465 e. The molecule has 170 valence electrons. The Morgan fingerprint density at radius 2 is 1.90 bits per heavy atom. The SMILES string of the molecule is COC(=O)c1cc(N2CCOCC2)ccc1NC(=O)CC(C)C1CCNCC1.Cl.Cl. The number of hydrogen-bond donors (Lipinski definition) is 2. The molecule has 2 heterocycles. The summed E-state index contributed by atoms with van der Waals surface area (Å²) in [5.41, 5.74) is 1.82. The number of halogens is 2. The Bertz CT molecular complexity index is 693. The number of esters is 1. The number of nitrogens with zero attached hydrogens (tertiary/aromatic N) is 1. The van der Waals surface area contributed by atoms with Crippen LogP contribution in [0.4, 0.5) is 11.4 Å². The number of rotatable bonds is 6. The van der Waals surface area contributed by atoms with Crippen molar-refractivity contribution >= 4 is 48.1 Å². The Morgan fingerprint density at radius 3 is 2.53 bits per heavy atom. The number of carbonyl (C=O) groups is 2. The fourth-order valence-electron chi connectivity index (χ4n) is 4.01. The van der Waals surface area contributed by atoms with Crippen molar-refractivity contribution in [1.29, 1.82) is 0 Å². The van der Waals surface area contributed by atoms with E-state index in [1.165, 1.54) is 7.11 Å². The van der Waals surface area contributed by atoms with Gasteiger partial charge in [0.1, 0.15) is 0 Å². The van der Waals surface area contributed by atoms with Gasteiger partial charge in [-0.25, -0.2) is 4.79 Å². The lowest BCUT2D eigenvalue weighted by atomic mass is 9.84. The standard InChI is InChI=1S/C21H31N3O4.2ClH/c1-15(16-5-7-22-8-6-16)13-20(25)23-19-4-3-17(14-18(19)21(26)27-2)24-9-11-28-12-10-24;;/h3-4,14-16,22H,5-13H2,1-2H3,(H,23,25);2*1H. The van der Waals surface area contributed by atoms with E-state index in [0.717, 1.165) is 44.7 Å². The van der Waals surface area contributed by atoms with E-state index >= 15 is 0 Å². The van der Waals surface area contributed by atoms with Crippen LogP contribution in [0.15, 0.2) is 18.2 Å². The third-order valence-electron chi connectivity index (χ3n) is 5.75. The molecule has 9 heteroatoms. The van der Waals surface area contributed by atoms with Crippen molar-refractivity contribution < 1.29 is 19.1 Å². The number of ether oxygens (including phenoxy) is 2. The van der Waals surface area contributed by atoms with Crippen LogP contribution < -0.4 is 15.5 Å². The van der Waals surface area contributed by atoms with E-state index in [1.807, 2.05) is 6.07 Å². The van der Waals surface area contributed by atoms with Crippen LogP contribution in [-0.4, -0.2) is 58.4 Å². The molecule has 1 unspecified atom stereocenters. The van der Waals surface area contributed by atoms with E-state index in [-0.39, 0.29) is 30.7 Å². The van der Waals surface area contributed by atoms with Crippen LogP contribution in [0.25, 0.3) is 0 Å². The molecule has 2 aliphatic heterocycles. The molecule has 0 saturated carbocycles. The van der Waals surface area contributed by atoms with Crippen molar-refractivity contribution in [2.24, 2.45) is 11.8 Å². The lowest BCUT2D eigenvalue weighted by Gasteiger charge is -2.29. The molecular formula is C21H33Cl2N3O4. The molecule has 2 N–H and O–H groups in total. The monoisotopic (exact) mass is 461 g/mol. The minimum absolute atomic E-state index is 0. The van der Waals surface area contributed by atoms with Gasteiger partial charge in [-0.3, -0.25) is 4.79 Å². The molecule has 1 atom stereocenters. The van der Waals surface area contributed by atoms with E-state index in [4.69, 9.17) is 9.47 Å². The third-order valence-corrected chi connectivity index (χ3v) is 5.75. The molecule has 0 bridgehead atoms. The molecule has 1 aromatic carbocycles. The molecule has 1 amide bonds. The van der Waals surface area contributed by atoms with Crippen LogP contribution >= 0.6 is 24.8 Å². The Balaban J connectivity index is 0.00000225. The fraction of sp³-hybridized carbons (Fsp3) is 0.619. The molecule has 2 saturated heterocycles. The van der Waals surface area contributed by atoms with Gasteiger partial charge in [-0.15, -0.1) is 24.8 Å². The average molecular weight is 462 g/mol. The molecule has 7 nitrogen and oxygen atoms in total. The number of piperidine rings is 1. The lowest BCUT2D eigenvalue weighted by Crippen LogP contribution is -2.36. The largest absolute Gasteiger partial charge is 0.465 e. The predicted octanol–water partition coefficient (Wildman–Crippen LogP) is 3.12. The lowest BCUT2D eigenvalue weighted by molar-refractivity contribution is -0.117. The van der Waals surface area contributed by atoms with Crippen LogP contribution in [-0.2, 0) is 14.3 Å². The van der Waals surface area contributed by atoms with Gasteiger partial charge in [-0.2, -0.15) is 0 Å². The molecule has 0 radical (unpaired) electrons. The highest BCUT2D eigenvalue weighted by molar-refractivity contribution is 6.02. The molecular weight excluding hydrogens is 429 g/mol. The van der Waals surface area contributed by atoms with Crippen molar-refractivity contribution in [3.8, 4) is 0 Å². The highest BCUT2D eigenvalue weighted by Gasteiger charge is 2.23. The zero-order chi connectivity index (χ0) is 19.9. The van der Waals surface area contributed by atoms with Gasteiger partial charge >= 0.3 is 5.97 Å². The van der Waals surface area contributed by atoms with Gasteiger partial charge in [0.2, 0.25) is 5.91 Å². The molecule has 30 heavy (non-hydrogen) atoms. The summed E-state index contributed by atoms with van der Waals surface area (Å²) in [7, 11) is 1.36. The first-order valence-electron chi connectivity index (χ1n) is 10.1. The van der Waals surface area contributed by atoms with Crippen molar-refractivity contribution in [1.82, 2.24) is 5.32 Å². The quantitative estimate of drug-likeness (QED) is 0.633. The maximum atomic E-state index is 12.6. The van der Waals surface area contributed by atoms with Gasteiger partial charge < -0.3 is 25.0 Å². The van der Waals surface area contributed by atoms with E-state index < -0.39 is 5.97 Å². The first-order chi connectivity index (χ1) is 13.6. The summed E-state index contributed by atoms with van der Waals surface area (Å²) in [4.78, 5) is 27.1. The first-order valence-corrected chi connectivity index (χ1v) is 10.1. The van der Waals surface area contributed by atoms with E-state index in [0.29, 0.717) is 42.7 Å². The number of hydrogen-bond acceptors (Lipinski definition) is 6. The summed E-state index contributed by atoms with van der Waals surface area (Å²) in [6.07, 6.45) is 2.67. The van der Waals surface area contributed by atoms with Gasteiger partial charge in [0.05, 0.1) is 31.6 Å². The Hall–Kier alpha value is -1.54. The van der Waals surface area contributed by atoms with Crippen LogP contribution in [0.2, 0.25) is 0 Å². The molecule has 1 aromatic rings. The second-order valence-electron chi connectivity index (χ2n) is 7.64. The van der Waals surface area contributed by atoms with Gasteiger partial charge in [-0.05, 0) is 56.0 Å². The van der Waals surface area contributed by atoms with Crippen LogP contribution in [0.1, 0.15) is 36.5 Å². The van der Waals surface area contributed by atoms with Crippen molar-refractivity contribution in [3.05, 3.63) is 23.8 Å². The van der Waals surface area contributed by atoms with Gasteiger partial charge in [0.25, 0.3) is 0 Å². The molecule has 0 aliphatic carbocycles. The van der Waals surface area contributed by atoms with Gasteiger partial charge in [0, 0.05) is 25.2 Å². The van der Waals surface area contributed by atoms with E-state index in [9.17, 15) is 9.59 Å². The van der Waals surface area contributed by atoms with Crippen molar-refractivity contribution in [3.63, 3.8) is 0 Å². The smallest absolute Gasteiger partial charge is 0.340 e. The molecule has 3 rings (SSSR count). The van der Waals surface area contributed by atoms with Crippen LogP contribution in [0.3, 0.4) is 0 Å². The maximum absolute atomic E-state index is 12.6. The normalized spacial score (nSPS) is 17.9. The second kappa shape index (κ2) is 13.0. The maximum Gasteiger partial charge on any atom is 0.340 e. The van der Waals surface area contributed by atoms with Gasteiger partial charge in [0.15, 0.2) is 0 Å². The topological polar surface area (TPSA) is 79.9 Å². The van der Waals surface area contributed by atoms with Crippen LogP contribution in [0.5, 0.6) is 0 Å². The number of amides is 1. The Morgan fingerprint density at radius 1 is 1.23 bits per heavy atom. The van der Waals surface area contributed by atoms with Gasteiger partial charge in [-0.1, -0.05) is 6.92 Å². The summed E-state index contributed by atoms with van der Waals surface area (Å²) in [6, 6.07) is 5.52. The molecule has 2 fully saturated rings. The average Bonchev–Trinajstić information content (AvgIpc) is 2.74. The minimum atomic E-state index is -0.447. The Labute approximate surface area is 191 Å². The number of morpholine rings is 1. The predicted molar refractivity (Wildman–Crippen MR) is 123 cm³/mol. The molecule has 2 aliphatic rings. The highest BCUT2D eigenvalue weighted by Crippen LogP contribution is 2.27. The number of methoxy groups -OCH3 is 1. The number of nitrogens with one attached hydrogen (secondary N) is 2. The Kier molecular flexibility index (Phi) is 11.5. The molecule has 0 aromatic heterocycles. The molecule has 0 spiro atoms. The fourth-order valence-corrected chi connectivity index (χ4v) is 4.01. The summed E-state index contributed by atoms with van der Waals surface area (Å²) in [5, 5.41) is 6.28.